The van der Waals surface area contributed by atoms with E-state index in [2.05, 4.69) is 0 Å². The summed E-state index contributed by atoms with van der Waals surface area (Å²) in [6.45, 7) is 5.95. The fraction of sp³-hybridized carbons (Fsp3) is 0.714. The Morgan fingerprint density at radius 1 is 1.42 bits per heavy atom. The average molecular weight is 364 g/mol. The number of epoxide rings is 1. The van der Waals surface area contributed by atoms with Gasteiger partial charge in [-0.2, -0.15) is 0 Å². The fourth-order valence-corrected chi connectivity index (χ4v) is 3.81. The van der Waals surface area contributed by atoms with Crippen LogP contribution in [0.15, 0.2) is 23.3 Å². The van der Waals surface area contributed by atoms with E-state index >= 15 is 0 Å². The number of carbonyl (C=O) groups excluding carboxylic acids is 2. The lowest BCUT2D eigenvalue weighted by Gasteiger charge is -2.29. The number of carbonyl (C=O) groups is 2. The van der Waals surface area contributed by atoms with Crippen LogP contribution in [-0.2, 0) is 19.1 Å². The van der Waals surface area contributed by atoms with E-state index in [4.69, 9.17) is 9.47 Å². The van der Waals surface area contributed by atoms with Gasteiger partial charge in [0.2, 0.25) is 0 Å². The van der Waals surface area contributed by atoms with Gasteiger partial charge in [-0.05, 0) is 64.9 Å². The molecule has 26 heavy (non-hydrogen) atoms. The quantitative estimate of drug-likeness (QED) is 0.350. The Hall–Kier alpha value is -1.46. The summed E-state index contributed by atoms with van der Waals surface area (Å²) < 4.78 is 10.8. The van der Waals surface area contributed by atoms with Crippen LogP contribution in [0, 0.1) is 5.41 Å². The van der Waals surface area contributed by atoms with Gasteiger partial charge in [-0.15, -0.1) is 0 Å². The largest absolute Gasteiger partial charge is 0.468 e. The number of esters is 1. The second-order valence-electron chi connectivity index (χ2n) is 8.00. The summed E-state index contributed by atoms with van der Waals surface area (Å²) >= 11 is 0. The van der Waals surface area contributed by atoms with Gasteiger partial charge in [0.25, 0.3) is 0 Å². The van der Waals surface area contributed by atoms with Gasteiger partial charge >= 0.3 is 5.97 Å². The molecule has 1 saturated heterocycles. The Bertz CT molecular complexity index is 602. The molecule has 0 aromatic rings. The molecule has 0 aromatic carbocycles. The van der Waals surface area contributed by atoms with Crippen LogP contribution in [-0.4, -0.2) is 42.3 Å². The minimum absolute atomic E-state index is 0.0666. The number of aliphatic hydroxyl groups is 1. The van der Waals surface area contributed by atoms with Gasteiger partial charge in [0, 0.05) is 6.42 Å². The third-order valence-corrected chi connectivity index (χ3v) is 5.79. The highest BCUT2D eigenvalue weighted by Crippen LogP contribution is 2.45. The van der Waals surface area contributed by atoms with Gasteiger partial charge in [0.15, 0.2) is 5.78 Å². The summed E-state index contributed by atoms with van der Waals surface area (Å²) in [4.78, 5) is 25.9. The van der Waals surface area contributed by atoms with Crippen LogP contribution in [0.1, 0.15) is 65.7 Å². The number of ketones is 1. The predicted molar refractivity (Wildman–Crippen MR) is 99.7 cm³/mol. The SMILES string of the molecule is COC(=O)[C@]1(CCC=C(C)C)C/C=C(\CO)CC[C@H]2O[C@@]2(C)CCC1=O. The maximum atomic E-state index is 13.2. The molecule has 3 atom stereocenters. The molecule has 0 saturated carbocycles. The number of rotatable bonds is 5. The summed E-state index contributed by atoms with van der Waals surface area (Å²) in [5, 5.41) is 9.67. The van der Waals surface area contributed by atoms with Crippen LogP contribution >= 0.6 is 0 Å². The molecule has 0 amide bonds. The third-order valence-electron chi connectivity index (χ3n) is 5.79. The summed E-state index contributed by atoms with van der Waals surface area (Å²) in [5.41, 5.74) is 0.532. The number of hydrogen-bond donors (Lipinski definition) is 1. The minimum atomic E-state index is -1.19. The summed E-state index contributed by atoms with van der Waals surface area (Å²) in [6, 6.07) is 0. The van der Waals surface area contributed by atoms with Crippen LogP contribution in [0.5, 0.6) is 0 Å². The van der Waals surface area contributed by atoms with Crippen LogP contribution in [0.3, 0.4) is 0 Å². The number of fused-ring (bicyclic) bond motifs is 1. The van der Waals surface area contributed by atoms with E-state index in [0.29, 0.717) is 25.7 Å². The van der Waals surface area contributed by atoms with Crippen molar-refractivity contribution < 1.29 is 24.2 Å². The van der Waals surface area contributed by atoms with Gasteiger partial charge in [0.1, 0.15) is 5.41 Å². The first kappa shape index (κ1) is 20.8. The molecule has 1 aliphatic carbocycles. The smallest absolute Gasteiger partial charge is 0.319 e. The van der Waals surface area contributed by atoms with Crippen molar-refractivity contribution in [3.8, 4) is 0 Å². The molecule has 5 nitrogen and oxygen atoms in total. The van der Waals surface area contributed by atoms with Gasteiger partial charge < -0.3 is 14.6 Å². The molecule has 0 spiro atoms. The highest BCUT2D eigenvalue weighted by Gasteiger charge is 2.53. The summed E-state index contributed by atoms with van der Waals surface area (Å²) in [5.74, 6) is -0.562. The zero-order valence-electron chi connectivity index (χ0n) is 16.5. The number of hydrogen-bond acceptors (Lipinski definition) is 5. The Labute approximate surface area is 156 Å². The second kappa shape index (κ2) is 8.49. The maximum Gasteiger partial charge on any atom is 0.319 e. The molecule has 1 aliphatic heterocycles. The van der Waals surface area contributed by atoms with Crippen molar-refractivity contribution in [3.05, 3.63) is 23.3 Å². The Morgan fingerprint density at radius 2 is 2.15 bits per heavy atom. The van der Waals surface area contributed by atoms with Crippen LogP contribution in [0.2, 0.25) is 0 Å². The number of allylic oxidation sites excluding steroid dienone is 3. The normalized spacial score (nSPS) is 34.0. The molecule has 2 aliphatic rings. The first-order valence-electron chi connectivity index (χ1n) is 9.49. The molecule has 0 radical (unpaired) electrons. The first-order valence-corrected chi connectivity index (χ1v) is 9.49. The van der Waals surface area contributed by atoms with E-state index in [1.54, 1.807) is 0 Å². The molecule has 1 heterocycles. The topological polar surface area (TPSA) is 76.1 Å². The van der Waals surface area contributed by atoms with Crippen molar-refractivity contribution in [2.45, 2.75) is 77.4 Å². The number of ether oxygens (including phenoxy) is 2. The van der Waals surface area contributed by atoms with Crippen LogP contribution < -0.4 is 0 Å². The van der Waals surface area contributed by atoms with Crippen molar-refractivity contribution in [3.63, 3.8) is 0 Å². The van der Waals surface area contributed by atoms with E-state index in [1.807, 2.05) is 32.9 Å². The summed E-state index contributed by atoms with van der Waals surface area (Å²) in [6.07, 6.45) is 7.85. The lowest BCUT2D eigenvalue weighted by molar-refractivity contribution is -0.158. The van der Waals surface area contributed by atoms with Gasteiger partial charge in [-0.3, -0.25) is 9.59 Å². The number of methoxy groups -OCH3 is 1. The Balaban J connectivity index is 2.35. The van der Waals surface area contributed by atoms with E-state index < -0.39 is 11.4 Å². The number of aliphatic hydroxyl groups excluding tert-OH is 1. The second-order valence-corrected chi connectivity index (χ2v) is 8.00. The van der Waals surface area contributed by atoms with Crippen molar-refractivity contribution >= 4 is 11.8 Å². The Morgan fingerprint density at radius 3 is 2.77 bits per heavy atom. The van der Waals surface area contributed by atoms with E-state index in [0.717, 1.165) is 24.0 Å². The highest BCUT2D eigenvalue weighted by molar-refractivity contribution is 6.04. The lowest BCUT2D eigenvalue weighted by atomic mass is 9.73. The molecule has 1 N–H and O–H groups in total. The van der Waals surface area contributed by atoms with Crippen molar-refractivity contribution in [1.82, 2.24) is 0 Å². The molecule has 1 fully saturated rings. The lowest BCUT2D eigenvalue weighted by Crippen LogP contribution is -2.40. The summed E-state index contributed by atoms with van der Waals surface area (Å²) in [7, 11) is 1.33. The standard InChI is InChI=1S/C21H32O5/c1-15(2)6-5-11-21(19(24)25-4)13-9-16(14-22)7-8-18-20(3,26-18)12-10-17(21)23/h6,9,18,22H,5,7-8,10-14H2,1-4H3/b16-9-/t18-,20+,21-/m1/s1. The third kappa shape index (κ3) is 4.63. The van der Waals surface area contributed by atoms with E-state index in [9.17, 15) is 14.7 Å². The molecule has 0 bridgehead atoms. The zero-order chi connectivity index (χ0) is 19.4. The molecule has 146 valence electrons. The zero-order valence-corrected chi connectivity index (χ0v) is 16.5. The van der Waals surface area contributed by atoms with Crippen molar-refractivity contribution in [2.75, 3.05) is 13.7 Å². The van der Waals surface area contributed by atoms with Crippen molar-refractivity contribution in [1.29, 1.82) is 0 Å². The first-order chi connectivity index (χ1) is 12.3. The maximum absolute atomic E-state index is 13.2. The molecule has 2 rings (SSSR count). The van der Waals surface area contributed by atoms with Gasteiger partial charge in [-0.25, -0.2) is 0 Å². The monoisotopic (exact) mass is 364 g/mol. The van der Waals surface area contributed by atoms with E-state index in [1.165, 1.54) is 7.11 Å². The van der Waals surface area contributed by atoms with Crippen molar-refractivity contribution in [2.24, 2.45) is 5.41 Å². The van der Waals surface area contributed by atoms with Crippen LogP contribution in [0.4, 0.5) is 0 Å². The molecular weight excluding hydrogens is 332 g/mol. The molecular formula is C21H32O5. The van der Waals surface area contributed by atoms with Gasteiger partial charge in [0.05, 0.1) is 25.4 Å². The van der Waals surface area contributed by atoms with Gasteiger partial charge in [-0.1, -0.05) is 17.7 Å². The van der Waals surface area contributed by atoms with E-state index in [-0.39, 0.29) is 30.5 Å². The fourth-order valence-electron chi connectivity index (χ4n) is 3.81. The Kier molecular flexibility index (Phi) is 6.80. The van der Waals surface area contributed by atoms with Crippen LogP contribution in [0.25, 0.3) is 0 Å². The molecule has 0 unspecified atom stereocenters. The highest BCUT2D eigenvalue weighted by atomic mass is 16.6. The minimum Gasteiger partial charge on any atom is -0.468 e. The average Bonchev–Trinajstić information content (AvgIpc) is 3.27. The predicted octanol–water partition coefficient (Wildman–Crippen LogP) is 3.50. The molecule has 0 aromatic heterocycles. The number of Topliss-reactive ketones (excluding diaryl/α,β-unsaturated/α-hetero) is 1. The molecule has 5 heteroatoms.